The molecule has 0 saturated carbocycles. The SMILES string of the molecule is [NH]=[Co]([S](=O)(=O)C(F)(F)F)[S](=O)(=O)C(F)(F)F. The Balaban J connectivity index is 5.81. The Morgan fingerprint density at radius 1 is 0.750 bits per heavy atom. The van der Waals surface area contributed by atoms with Gasteiger partial charge in [-0.15, -0.1) is 0 Å². The van der Waals surface area contributed by atoms with Gasteiger partial charge in [0.25, 0.3) is 0 Å². The van der Waals surface area contributed by atoms with E-state index in [9.17, 15) is 43.2 Å². The average molecular weight is 340 g/mol. The van der Waals surface area contributed by atoms with Crippen LogP contribution in [-0.2, 0) is 27.9 Å². The van der Waals surface area contributed by atoms with Crippen LogP contribution in [0.15, 0.2) is 0 Å². The second-order valence-electron chi connectivity index (χ2n) is 1.91. The number of rotatable bonds is 2. The molecular formula is C2HCoF6NO4S2. The fraction of sp³-hybridized carbons (Fsp3) is 1.00. The zero-order valence-electron chi connectivity index (χ0n) is 6.55. The van der Waals surface area contributed by atoms with Crippen molar-refractivity contribution in [1.82, 2.24) is 0 Å². The molecular weight excluding hydrogens is 339 g/mol. The van der Waals surface area contributed by atoms with Crippen molar-refractivity contribution in [1.29, 1.82) is 4.41 Å². The van der Waals surface area contributed by atoms with E-state index in [1.807, 2.05) is 0 Å². The minimum absolute atomic E-state index is 5.07. The molecule has 0 saturated heterocycles. The summed E-state index contributed by atoms with van der Waals surface area (Å²) in [4.78, 5) is 0. The molecule has 0 radical (unpaired) electrons. The van der Waals surface area contributed by atoms with Crippen LogP contribution in [0.5, 0.6) is 0 Å². The third kappa shape index (κ3) is 2.54. The van der Waals surface area contributed by atoms with Gasteiger partial charge in [0.15, 0.2) is 0 Å². The Labute approximate surface area is 86.8 Å². The molecule has 0 aromatic carbocycles. The van der Waals surface area contributed by atoms with E-state index >= 15 is 0 Å². The van der Waals surface area contributed by atoms with E-state index in [0.717, 1.165) is 0 Å². The van der Waals surface area contributed by atoms with E-state index in [0.29, 0.717) is 0 Å². The standard InChI is InChI=1S/2CF3O2S.Co.HN/c2*2-1(3,4)7(5)6;;/h;;;1H. The summed E-state index contributed by atoms with van der Waals surface area (Å²) in [5.74, 6) is 0. The summed E-state index contributed by atoms with van der Waals surface area (Å²) in [6.07, 6.45) is 0. The van der Waals surface area contributed by atoms with Crippen LogP contribution in [0.1, 0.15) is 0 Å². The van der Waals surface area contributed by atoms with Crippen LogP contribution < -0.4 is 0 Å². The van der Waals surface area contributed by atoms with E-state index < -0.39 is 38.9 Å². The molecule has 14 heteroatoms. The molecule has 16 heavy (non-hydrogen) atoms. The number of nitrogens with one attached hydrogen (secondary N) is 1. The zero-order valence-corrected chi connectivity index (χ0v) is 9.22. The Morgan fingerprint density at radius 3 is 1.06 bits per heavy atom. The second-order valence-corrected chi connectivity index (χ2v) is 11.4. The first kappa shape index (κ1) is 15.8. The van der Waals surface area contributed by atoms with Crippen LogP contribution >= 0.6 is 0 Å². The third-order valence-electron chi connectivity index (χ3n) is 0.858. The summed E-state index contributed by atoms with van der Waals surface area (Å²) in [5, 5.41) is 0. The van der Waals surface area contributed by atoms with E-state index in [-0.39, 0.29) is 0 Å². The first-order valence-corrected chi connectivity index (χ1v) is 8.41. The Kier molecular flexibility index (Phi) is 3.86. The van der Waals surface area contributed by atoms with Crippen LogP contribution in [0.4, 0.5) is 26.3 Å². The molecule has 0 spiro atoms. The van der Waals surface area contributed by atoms with Crippen molar-refractivity contribution in [3.63, 3.8) is 0 Å². The molecule has 101 valence electrons. The molecule has 5 nitrogen and oxygen atoms in total. The van der Waals surface area contributed by atoms with Crippen LogP contribution in [0.3, 0.4) is 0 Å². The second kappa shape index (κ2) is 3.92. The minimum atomic E-state index is -6.70. The number of hydrogen-bond acceptors (Lipinski definition) is 5. The van der Waals surface area contributed by atoms with Crippen molar-refractivity contribution in [3.8, 4) is 0 Å². The van der Waals surface area contributed by atoms with Crippen molar-refractivity contribution in [3.05, 3.63) is 0 Å². The van der Waals surface area contributed by atoms with Crippen molar-refractivity contribution in [2.75, 3.05) is 0 Å². The van der Waals surface area contributed by atoms with Gasteiger partial charge in [0.1, 0.15) is 0 Å². The summed E-state index contributed by atoms with van der Waals surface area (Å²) in [7, 11) is -13.4. The van der Waals surface area contributed by atoms with Crippen molar-refractivity contribution < 1.29 is 54.4 Å². The van der Waals surface area contributed by atoms with E-state index in [1.165, 1.54) is 0 Å². The van der Waals surface area contributed by atoms with Gasteiger partial charge in [0.05, 0.1) is 0 Å². The predicted molar refractivity (Wildman–Crippen MR) is 32.7 cm³/mol. The van der Waals surface area contributed by atoms with Gasteiger partial charge in [-0.25, -0.2) is 0 Å². The molecule has 0 fully saturated rings. The van der Waals surface area contributed by atoms with Crippen molar-refractivity contribution >= 4 is 16.6 Å². The first-order valence-electron chi connectivity index (χ1n) is 2.65. The Morgan fingerprint density at radius 2 is 0.938 bits per heavy atom. The van der Waals surface area contributed by atoms with Crippen molar-refractivity contribution in [2.24, 2.45) is 0 Å². The summed E-state index contributed by atoms with van der Waals surface area (Å²) in [6.45, 7) is 0. The molecule has 0 rings (SSSR count). The molecule has 0 amide bonds. The molecule has 0 aromatic heterocycles. The quantitative estimate of drug-likeness (QED) is 0.761. The maximum absolute atomic E-state index is 11.7. The van der Waals surface area contributed by atoms with Crippen LogP contribution in [0, 0.1) is 4.41 Å². The van der Waals surface area contributed by atoms with Gasteiger partial charge in [0, 0.05) is 0 Å². The monoisotopic (exact) mass is 340 g/mol. The fourth-order valence-electron chi connectivity index (χ4n) is 0.236. The average Bonchev–Trinajstić information content (AvgIpc) is 1.98. The Bertz CT molecular complexity index is 452. The summed E-state index contributed by atoms with van der Waals surface area (Å²) >= 11 is -5.07. The molecule has 0 aliphatic carbocycles. The van der Waals surface area contributed by atoms with E-state index in [2.05, 4.69) is 0 Å². The third-order valence-corrected chi connectivity index (χ3v) is 10.7. The molecule has 0 heterocycles. The molecule has 0 aliphatic rings. The first-order chi connectivity index (χ1) is 6.65. The van der Waals surface area contributed by atoms with Gasteiger partial charge in [-0.2, -0.15) is 0 Å². The van der Waals surface area contributed by atoms with Gasteiger partial charge in [-0.3, -0.25) is 0 Å². The molecule has 0 aromatic rings. The van der Waals surface area contributed by atoms with E-state index in [4.69, 9.17) is 4.41 Å². The Hall–Kier alpha value is -0.214. The number of alkyl halides is 6. The maximum atomic E-state index is 11.7. The topological polar surface area (TPSA) is 92.1 Å². The zero-order chi connectivity index (χ0) is 13.6. The predicted octanol–water partition coefficient (Wildman–Crippen LogP) is 1.07. The number of hydrogen-bond donors (Lipinski definition) is 1. The molecule has 0 aliphatic heterocycles. The summed E-state index contributed by atoms with van der Waals surface area (Å²) < 4.78 is 117. The molecule has 1 N–H and O–H groups in total. The van der Waals surface area contributed by atoms with Gasteiger partial charge in [-0.05, 0) is 0 Å². The van der Waals surface area contributed by atoms with Gasteiger partial charge in [0.2, 0.25) is 0 Å². The summed E-state index contributed by atoms with van der Waals surface area (Å²) in [6, 6.07) is 0. The van der Waals surface area contributed by atoms with Crippen LogP contribution in [0.2, 0.25) is 0 Å². The van der Waals surface area contributed by atoms with Gasteiger partial charge >= 0.3 is 86.5 Å². The van der Waals surface area contributed by atoms with E-state index in [1.54, 1.807) is 0 Å². The van der Waals surface area contributed by atoms with Crippen LogP contribution in [0.25, 0.3) is 0 Å². The summed E-state index contributed by atoms with van der Waals surface area (Å²) in [5.41, 5.74) is -12.4. The normalized spacial score (nSPS) is 16.0. The van der Waals surface area contributed by atoms with Crippen molar-refractivity contribution in [2.45, 2.75) is 11.0 Å². The van der Waals surface area contributed by atoms with Gasteiger partial charge < -0.3 is 0 Å². The van der Waals surface area contributed by atoms with Gasteiger partial charge in [-0.1, -0.05) is 0 Å². The molecule has 0 atom stereocenters. The number of halogens is 6. The van der Waals surface area contributed by atoms with Crippen LogP contribution in [-0.4, -0.2) is 27.9 Å². The fourth-order valence-corrected chi connectivity index (χ4v) is 6.86. The molecule has 0 unspecified atom stereocenters. The molecule has 0 bridgehead atoms.